The number of rotatable bonds is 7. The van der Waals surface area contributed by atoms with Crippen molar-refractivity contribution in [3.8, 4) is 0 Å². The van der Waals surface area contributed by atoms with Crippen molar-refractivity contribution in [1.29, 1.82) is 0 Å². The second-order valence-electron chi connectivity index (χ2n) is 8.75. The molecule has 3 aromatic rings. The van der Waals surface area contributed by atoms with Gasteiger partial charge in [0.15, 0.2) is 5.13 Å². The van der Waals surface area contributed by atoms with E-state index in [2.05, 4.69) is 0 Å². The Bertz CT molecular complexity index is 1280. The number of fused-ring (bicyclic) bond motifs is 1. The topological polar surface area (TPSA) is 79.8 Å². The summed E-state index contributed by atoms with van der Waals surface area (Å²) in [6.45, 7) is 3.13. The van der Waals surface area contributed by atoms with Crippen molar-refractivity contribution in [1.82, 2.24) is 9.29 Å². The molecule has 9 heteroatoms. The first-order valence-electron chi connectivity index (χ1n) is 11.2. The zero-order chi connectivity index (χ0) is 23.2. The molecule has 2 fully saturated rings. The molecule has 0 radical (unpaired) electrons. The van der Waals surface area contributed by atoms with E-state index in [1.54, 1.807) is 24.1 Å². The molecule has 2 heterocycles. The van der Waals surface area contributed by atoms with Gasteiger partial charge in [0.25, 0.3) is 5.91 Å². The highest BCUT2D eigenvalue weighted by atomic mass is 32.2. The normalized spacial score (nSPS) is 18.8. The maximum absolute atomic E-state index is 13.6. The number of nitrogens with zero attached hydrogens (tertiary/aromatic N) is 3. The minimum atomic E-state index is -3.55. The molecule has 1 aliphatic heterocycles. The minimum absolute atomic E-state index is 0.0334. The number of sulfonamides is 1. The number of benzene rings is 2. The lowest BCUT2D eigenvalue weighted by atomic mass is 10.2. The molecule has 0 N–H and O–H groups in total. The maximum Gasteiger partial charge on any atom is 0.260 e. The van der Waals surface area contributed by atoms with Crippen molar-refractivity contribution >= 4 is 42.6 Å². The van der Waals surface area contributed by atoms with Gasteiger partial charge in [-0.1, -0.05) is 23.5 Å². The number of carbonyl (C=O) groups is 1. The zero-order valence-electron chi connectivity index (χ0n) is 18.7. The van der Waals surface area contributed by atoms with Crippen molar-refractivity contribution in [3.05, 3.63) is 53.6 Å². The molecule has 1 amide bonds. The van der Waals surface area contributed by atoms with Crippen LogP contribution in [0.25, 0.3) is 10.2 Å². The lowest BCUT2D eigenvalue weighted by Crippen LogP contribution is -2.37. The quantitative estimate of drug-likeness (QED) is 0.501. The van der Waals surface area contributed by atoms with E-state index in [-0.39, 0.29) is 22.9 Å². The average molecular weight is 486 g/mol. The second kappa shape index (κ2) is 8.79. The van der Waals surface area contributed by atoms with Crippen molar-refractivity contribution < 1.29 is 17.9 Å². The summed E-state index contributed by atoms with van der Waals surface area (Å²) in [5, 5.41) is 0.630. The fourth-order valence-corrected chi connectivity index (χ4v) is 6.62. The Labute approximate surface area is 198 Å². The van der Waals surface area contributed by atoms with Gasteiger partial charge < -0.3 is 4.74 Å². The first-order chi connectivity index (χ1) is 15.8. The fraction of sp³-hybridized carbons (Fsp3) is 0.417. The Balaban J connectivity index is 1.45. The van der Waals surface area contributed by atoms with Crippen molar-refractivity contribution in [2.75, 3.05) is 25.1 Å². The van der Waals surface area contributed by atoms with Crippen LogP contribution in [0.5, 0.6) is 0 Å². The van der Waals surface area contributed by atoms with Crippen LogP contribution in [-0.4, -0.2) is 56.0 Å². The third-order valence-corrected chi connectivity index (χ3v) is 9.30. The van der Waals surface area contributed by atoms with E-state index in [9.17, 15) is 13.2 Å². The molecule has 1 aliphatic carbocycles. The van der Waals surface area contributed by atoms with Gasteiger partial charge in [-0.15, -0.1) is 0 Å². The smallest absolute Gasteiger partial charge is 0.260 e. The van der Waals surface area contributed by atoms with Crippen LogP contribution in [0.2, 0.25) is 0 Å². The molecular formula is C24H27N3O4S2. The summed E-state index contributed by atoms with van der Waals surface area (Å²) in [7, 11) is -1.94. The molecule has 33 heavy (non-hydrogen) atoms. The fourth-order valence-electron chi connectivity index (χ4n) is 4.16. The number of carbonyl (C=O) groups excluding carboxylic acids is 1. The summed E-state index contributed by atoms with van der Waals surface area (Å²) in [4.78, 5) is 20.2. The van der Waals surface area contributed by atoms with Crippen LogP contribution in [0, 0.1) is 6.92 Å². The van der Waals surface area contributed by atoms with Gasteiger partial charge in [0.2, 0.25) is 10.0 Å². The lowest BCUT2D eigenvalue weighted by Gasteiger charge is -2.23. The van der Waals surface area contributed by atoms with E-state index in [0.29, 0.717) is 23.8 Å². The number of para-hydroxylation sites is 1. The predicted octanol–water partition coefficient (Wildman–Crippen LogP) is 4.21. The van der Waals surface area contributed by atoms with Crippen LogP contribution in [0.1, 0.15) is 41.6 Å². The highest BCUT2D eigenvalue weighted by Gasteiger charge is 2.35. The third kappa shape index (κ3) is 4.42. The Hall–Kier alpha value is -2.33. The number of anilines is 1. The predicted molar refractivity (Wildman–Crippen MR) is 129 cm³/mol. The summed E-state index contributed by atoms with van der Waals surface area (Å²) in [5.41, 5.74) is 2.39. The Morgan fingerprint density at radius 1 is 1.15 bits per heavy atom. The van der Waals surface area contributed by atoms with Crippen LogP contribution >= 0.6 is 11.3 Å². The Morgan fingerprint density at radius 2 is 1.91 bits per heavy atom. The molecule has 1 aromatic heterocycles. The second-order valence-corrected chi connectivity index (χ2v) is 11.8. The highest BCUT2D eigenvalue weighted by molar-refractivity contribution is 7.89. The summed E-state index contributed by atoms with van der Waals surface area (Å²) in [6, 6.07) is 12.3. The minimum Gasteiger partial charge on any atom is -0.376 e. The molecule has 2 aliphatic rings. The van der Waals surface area contributed by atoms with Gasteiger partial charge in [0.05, 0.1) is 27.8 Å². The number of aromatic nitrogens is 1. The zero-order valence-corrected chi connectivity index (χ0v) is 20.4. The first kappa shape index (κ1) is 22.5. The molecule has 0 bridgehead atoms. The number of aryl methyl sites for hydroxylation is 1. The lowest BCUT2D eigenvalue weighted by molar-refractivity contribution is 0.0917. The molecule has 5 rings (SSSR count). The summed E-state index contributed by atoms with van der Waals surface area (Å²) in [6.07, 6.45) is 3.64. The molecule has 0 spiro atoms. The first-order valence-corrected chi connectivity index (χ1v) is 13.5. The molecule has 1 saturated carbocycles. The van der Waals surface area contributed by atoms with Crippen LogP contribution in [0.3, 0.4) is 0 Å². The monoisotopic (exact) mass is 485 g/mol. The van der Waals surface area contributed by atoms with E-state index >= 15 is 0 Å². The number of hydrogen-bond donors (Lipinski definition) is 0. The van der Waals surface area contributed by atoms with Gasteiger partial charge in [-0.05, 0) is 68.5 Å². The van der Waals surface area contributed by atoms with Gasteiger partial charge in [-0.25, -0.2) is 13.4 Å². The SMILES string of the molecule is Cc1cccc2sc(N(CC3CCCO3)C(=O)c3ccc(S(=O)(=O)N(C)C4CC4)cc3)nc12. The summed E-state index contributed by atoms with van der Waals surface area (Å²) in [5.74, 6) is -0.207. The highest BCUT2D eigenvalue weighted by Crippen LogP contribution is 2.33. The molecule has 174 valence electrons. The van der Waals surface area contributed by atoms with Gasteiger partial charge in [0, 0.05) is 25.3 Å². The van der Waals surface area contributed by atoms with Gasteiger partial charge >= 0.3 is 0 Å². The van der Waals surface area contributed by atoms with Crippen LogP contribution < -0.4 is 4.90 Å². The number of thiazole rings is 1. The van der Waals surface area contributed by atoms with Crippen LogP contribution in [0.15, 0.2) is 47.4 Å². The van der Waals surface area contributed by atoms with E-state index in [1.807, 2.05) is 25.1 Å². The third-order valence-electron chi connectivity index (χ3n) is 6.34. The molecule has 1 unspecified atom stereocenters. The van der Waals surface area contributed by atoms with E-state index in [4.69, 9.17) is 9.72 Å². The van der Waals surface area contributed by atoms with E-state index in [0.717, 1.165) is 41.5 Å². The standard InChI is InChI=1S/C24H27N3O4S2/c1-16-5-3-7-21-22(16)25-24(32-21)27(15-19-6-4-14-31-19)23(28)17-8-12-20(13-9-17)33(29,30)26(2)18-10-11-18/h3,5,7-9,12-13,18-19H,4,6,10-11,14-15H2,1-2H3. The molecular weight excluding hydrogens is 458 g/mol. The number of hydrogen-bond acceptors (Lipinski definition) is 6. The maximum atomic E-state index is 13.6. The van der Waals surface area contributed by atoms with Gasteiger partial charge in [-0.3, -0.25) is 9.69 Å². The van der Waals surface area contributed by atoms with Crippen molar-refractivity contribution in [3.63, 3.8) is 0 Å². The van der Waals surface area contributed by atoms with Crippen molar-refractivity contribution in [2.24, 2.45) is 0 Å². The summed E-state index contributed by atoms with van der Waals surface area (Å²) >= 11 is 1.48. The largest absolute Gasteiger partial charge is 0.376 e. The van der Waals surface area contributed by atoms with Crippen LogP contribution in [0.4, 0.5) is 5.13 Å². The molecule has 1 saturated heterocycles. The molecule has 7 nitrogen and oxygen atoms in total. The van der Waals surface area contributed by atoms with Crippen LogP contribution in [-0.2, 0) is 14.8 Å². The summed E-state index contributed by atoms with van der Waals surface area (Å²) < 4.78 is 33.9. The van der Waals surface area contributed by atoms with Gasteiger partial charge in [0.1, 0.15) is 0 Å². The Morgan fingerprint density at radius 3 is 2.55 bits per heavy atom. The Kier molecular flexibility index (Phi) is 5.98. The van der Waals surface area contributed by atoms with E-state index in [1.165, 1.54) is 27.8 Å². The number of amides is 1. The molecule has 2 aromatic carbocycles. The van der Waals surface area contributed by atoms with E-state index < -0.39 is 10.0 Å². The molecule has 1 atom stereocenters. The average Bonchev–Trinajstić information content (AvgIpc) is 3.35. The van der Waals surface area contributed by atoms with Crippen molar-refractivity contribution in [2.45, 2.75) is 49.6 Å². The number of ether oxygens (including phenoxy) is 1. The van der Waals surface area contributed by atoms with Gasteiger partial charge in [-0.2, -0.15) is 4.31 Å².